The van der Waals surface area contributed by atoms with Crippen LogP contribution in [0.25, 0.3) is 0 Å². The smallest absolute Gasteiger partial charge is 0.147 e. The molecule has 0 aromatic carbocycles. The number of carbonyl (C=O) groups is 1. The van der Waals surface area contributed by atoms with Crippen LogP contribution in [0, 0.1) is 34.5 Å². The lowest BCUT2D eigenvalue weighted by Crippen LogP contribution is -3.14. The molecule has 0 aromatic rings. The first-order valence-corrected chi connectivity index (χ1v) is 11.7. The number of carbonyl (C=O) groups excluding carboxylic acids is 1. The minimum atomic E-state index is -0.140. The van der Waals surface area contributed by atoms with Gasteiger partial charge in [-0.05, 0) is 68.1 Å². The summed E-state index contributed by atoms with van der Waals surface area (Å²) in [6.45, 7) is 9.61. The van der Waals surface area contributed by atoms with Gasteiger partial charge in [-0.3, -0.25) is 4.79 Å². The van der Waals surface area contributed by atoms with Crippen LogP contribution in [0.1, 0.15) is 58.8 Å². The second-order valence-electron chi connectivity index (χ2n) is 11.0. The van der Waals surface area contributed by atoms with E-state index in [2.05, 4.69) is 19.9 Å². The van der Waals surface area contributed by atoms with E-state index in [9.17, 15) is 9.90 Å². The van der Waals surface area contributed by atoms with Crippen molar-refractivity contribution in [2.45, 2.75) is 64.9 Å². The fourth-order valence-corrected chi connectivity index (χ4v) is 7.97. The Morgan fingerprint density at radius 3 is 2.68 bits per heavy atom. The number of hydrogen-bond donors (Lipinski definition) is 2. The van der Waals surface area contributed by atoms with Crippen LogP contribution < -0.4 is 4.90 Å². The molecule has 0 radical (unpaired) electrons. The first kappa shape index (κ1) is 19.3. The predicted molar refractivity (Wildman–Crippen MR) is 108 cm³/mol. The molecule has 5 aliphatic rings. The van der Waals surface area contributed by atoms with E-state index in [0.717, 1.165) is 71.4 Å². The molecule has 156 valence electrons. The number of morpholine rings is 1. The van der Waals surface area contributed by atoms with E-state index < -0.39 is 0 Å². The van der Waals surface area contributed by atoms with Crippen LogP contribution in [0.4, 0.5) is 0 Å². The second-order valence-corrected chi connectivity index (χ2v) is 11.0. The number of allylic oxidation sites excluding steroid dienone is 1. The molecule has 4 fully saturated rings. The number of nitrogens with one attached hydrogen (secondary N) is 1. The molecule has 0 spiro atoms. The summed E-state index contributed by atoms with van der Waals surface area (Å²) < 4.78 is 5.52. The number of aliphatic hydroxyl groups is 1. The molecule has 4 nitrogen and oxygen atoms in total. The molecular weight excluding hydrogens is 350 g/mol. The first-order chi connectivity index (χ1) is 13.4. The topological polar surface area (TPSA) is 51.0 Å². The van der Waals surface area contributed by atoms with Crippen LogP contribution in [-0.2, 0) is 9.53 Å². The molecule has 1 aliphatic heterocycles. The molecule has 28 heavy (non-hydrogen) atoms. The maximum atomic E-state index is 13.5. The van der Waals surface area contributed by atoms with E-state index in [0.29, 0.717) is 23.5 Å². The molecule has 7 atom stereocenters. The normalized spacial score (nSPS) is 49.2. The van der Waals surface area contributed by atoms with Crippen LogP contribution in [0.2, 0.25) is 0 Å². The lowest BCUT2D eigenvalue weighted by molar-refractivity contribution is -0.910. The van der Waals surface area contributed by atoms with Crippen LogP contribution in [0.15, 0.2) is 11.6 Å². The third kappa shape index (κ3) is 2.86. The zero-order valence-electron chi connectivity index (χ0n) is 17.7. The monoisotopic (exact) mass is 388 g/mol. The van der Waals surface area contributed by atoms with Gasteiger partial charge in [0.05, 0.1) is 31.8 Å². The zero-order chi connectivity index (χ0) is 19.5. The van der Waals surface area contributed by atoms with Gasteiger partial charge in [-0.2, -0.15) is 0 Å². The maximum Gasteiger partial charge on any atom is 0.147 e. The fraction of sp³-hybridized carbons (Fsp3) is 0.875. The summed E-state index contributed by atoms with van der Waals surface area (Å²) in [5.41, 5.74) is 1.70. The van der Waals surface area contributed by atoms with Gasteiger partial charge in [-0.1, -0.05) is 25.5 Å². The predicted octanol–water partition coefficient (Wildman–Crippen LogP) is 2.02. The molecule has 2 N–H and O–H groups in total. The standard InChI is InChI=1S/C24H37NO3/c1-23-7-5-18(26)14-17(23)3-4-19-20(23)6-8-24(2)21(19)13-16(22(24)27)15-25-9-11-28-12-10-25/h3,16,18-21,26H,4-15H2,1-2H3/p+1/t16-,18-,19-,20+,21-,23+,24-/m1/s1. The van der Waals surface area contributed by atoms with E-state index in [4.69, 9.17) is 4.74 Å². The van der Waals surface area contributed by atoms with Crippen molar-refractivity contribution in [3.05, 3.63) is 11.6 Å². The van der Waals surface area contributed by atoms with Crippen LogP contribution in [0.5, 0.6) is 0 Å². The summed E-state index contributed by atoms with van der Waals surface area (Å²) in [4.78, 5) is 15.1. The quantitative estimate of drug-likeness (QED) is 0.712. The molecule has 4 heteroatoms. The van der Waals surface area contributed by atoms with Crippen molar-refractivity contribution in [2.75, 3.05) is 32.8 Å². The molecule has 1 saturated heterocycles. The van der Waals surface area contributed by atoms with Gasteiger partial charge in [-0.25, -0.2) is 0 Å². The second kappa shape index (κ2) is 6.92. The molecule has 5 rings (SSSR count). The fourth-order valence-electron chi connectivity index (χ4n) is 7.97. The van der Waals surface area contributed by atoms with Crippen LogP contribution >= 0.6 is 0 Å². The van der Waals surface area contributed by atoms with Gasteiger partial charge in [0, 0.05) is 5.41 Å². The van der Waals surface area contributed by atoms with Crippen molar-refractivity contribution >= 4 is 5.78 Å². The highest BCUT2D eigenvalue weighted by atomic mass is 16.5. The Kier molecular flexibility index (Phi) is 4.76. The lowest BCUT2D eigenvalue weighted by Gasteiger charge is -2.56. The number of fused-ring (bicyclic) bond motifs is 5. The van der Waals surface area contributed by atoms with Crippen molar-refractivity contribution < 1.29 is 19.5 Å². The minimum Gasteiger partial charge on any atom is -0.393 e. The summed E-state index contributed by atoms with van der Waals surface area (Å²) >= 11 is 0. The summed E-state index contributed by atoms with van der Waals surface area (Å²) in [6.07, 6.45) is 9.81. The summed E-state index contributed by atoms with van der Waals surface area (Å²) in [7, 11) is 0. The Morgan fingerprint density at radius 1 is 1.14 bits per heavy atom. The van der Waals surface area contributed by atoms with Gasteiger partial charge < -0.3 is 14.7 Å². The number of hydrogen-bond acceptors (Lipinski definition) is 3. The average Bonchev–Trinajstić information content (AvgIpc) is 2.94. The Bertz CT molecular complexity index is 669. The highest BCUT2D eigenvalue weighted by molar-refractivity contribution is 5.89. The number of rotatable bonds is 2. The Hall–Kier alpha value is -0.710. The summed E-state index contributed by atoms with van der Waals surface area (Å²) in [6, 6.07) is 0. The summed E-state index contributed by atoms with van der Waals surface area (Å²) in [5, 5.41) is 10.2. The maximum absolute atomic E-state index is 13.5. The van der Waals surface area contributed by atoms with Gasteiger partial charge in [0.2, 0.25) is 0 Å². The molecular formula is C24H38NO3+. The molecule has 0 aromatic heterocycles. The minimum absolute atomic E-state index is 0.0898. The highest BCUT2D eigenvalue weighted by Gasteiger charge is 2.61. The van der Waals surface area contributed by atoms with E-state index in [1.165, 1.54) is 12.0 Å². The van der Waals surface area contributed by atoms with Gasteiger partial charge in [0.25, 0.3) is 0 Å². The Labute approximate surface area is 169 Å². The molecule has 4 aliphatic carbocycles. The van der Waals surface area contributed by atoms with Crippen molar-refractivity contribution in [1.82, 2.24) is 0 Å². The van der Waals surface area contributed by atoms with E-state index in [-0.39, 0.29) is 22.9 Å². The Morgan fingerprint density at radius 2 is 1.89 bits per heavy atom. The van der Waals surface area contributed by atoms with Gasteiger partial charge >= 0.3 is 0 Å². The lowest BCUT2D eigenvalue weighted by atomic mass is 9.48. The molecule has 0 amide bonds. The largest absolute Gasteiger partial charge is 0.393 e. The highest BCUT2D eigenvalue weighted by Crippen LogP contribution is 2.64. The molecule has 1 heterocycles. The van der Waals surface area contributed by atoms with Gasteiger partial charge in [0.1, 0.15) is 18.9 Å². The Balaban J connectivity index is 1.38. The van der Waals surface area contributed by atoms with E-state index >= 15 is 0 Å². The third-order valence-electron chi connectivity index (χ3n) is 9.67. The SMILES string of the molecule is C[C@@]12CC[C@H]3[C@@H](CC=C4C[C@H](O)CC[C@@]43C)[C@H]1C[C@H](C[NH+]1CCOCC1)C2=O. The van der Waals surface area contributed by atoms with Gasteiger partial charge in [0.15, 0.2) is 0 Å². The molecule has 0 bridgehead atoms. The molecule has 3 saturated carbocycles. The molecule has 0 unspecified atom stereocenters. The number of ketones is 1. The van der Waals surface area contributed by atoms with Gasteiger partial charge in [-0.15, -0.1) is 0 Å². The van der Waals surface area contributed by atoms with E-state index in [1.54, 1.807) is 4.90 Å². The van der Waals surface area contributed by atoms with Crippen molar-refractivity contribution in [3.63, 3.8) is 0 Å². The number of aliphatic hydroxyl groups excluding tert-OH is 1. The van der Waals surface area contributed by atoms with E-state index in [1.807, 2.05) is 0 Å². The van der Waals surface area contributed by atoms with Crippen molar-refractivity contribution in [1.29, 1.82) is 0 Å². The third-order valence-corrected chi connectivity index (χ3v) is 9.67. The number of ether oxygens (including phenoxy) is 1. The average molecular weight is 389 g/mol. The summed E-state index contributed by atoms with van der Waals surface area (Å²) in [5.74, 6) is 2.77. The van der Waals surface area contributed by atoms with Crippen molar-refractivity contribution in [3.8, 4) is 0 Å². The zero-order valence-corrected chi connectivity index (χ0v) is 17.7. The van der Waals surface area contributed by atoms with Crippen LogP contribution in [0.3, 0.4) is 0 Å². The van der Waals surface area contributed by atoms with Crippen molar-refractivity contribution in [2.24, 2.45) is 34.5 Å². The number of Topliss-reactive ketones (excluding diaryl/α,β-unsaturated/α-hetero) is 1. The number of quaternary nitrogens is 1. The first-order valence-electron chi connectivity index (χ1n) is 11.7. The van der Waals surface area contributed by atoms with Crippen LogP contribution in [-0.4, -0.2) is 49.8 Å².